The minimum atomic E-state index is 0.0197. The zero-order chi connectivity index (χ0) is 27.5. The molecular formula is C29H36N10O. The van der Waals surface area contributed by atoms with Gasteiger partial charge in [0.05, 0.1) is 18.8 Å². The van der Waals surface area contributed by atoms with Crippen molar-refractivity contribution in [2.24, 2.45) is 0 Å². The van der Waals surface area contributed by atoms with Crippen molar-refractivity contribution in [3.05, 3.63) is 60.8 Å². The second-order valence-electron chi connectivity index (χ2n) is 10.5. The molecule has 2 saturated heterocycles. The molecule has 2 aromatic heterocycles. The fourth-order valence-corrected chi connectivity index (χ4v) is 5.43. The summed E-state index contributed by atoms with van der Waals surface area (Å²) < 4.78 is 2.16. The van der Waals surface area contributed by atoms with Crippen molar-refractivity contribution >= 4 is 46.0 Å². The van der Waals surface area contributed by atoms with Crippen LogP contribution in [0.25, 0.3) is 11.2 Å². The lowest BCUT2D eigenvalue weighted by molar-refractivity contribution is -0.121. The number of anilines is 5. The Kier molecular flexibility index (Phi) is 7.47. The Labute approximate surface area is 234 Å². The van der Waals surface area contributed by atoms with E-state index in [1.165, 1.54) is 5.69 Å². The number of amides is 1. The van der Waals surface area contributed by atoms with Crippen LogP contribution in [0.2, 0.25) is 0 Å². The van der Waals surface area contributed by atoms with Crippen LogP contribution in [0, 0.1) is 0 Å². The first-order valence-electron chi connectivity index (χ1n) is 13.9. The van der Waals surface area contributed by atoms with Crippen LogP contribution in [0.4, 0.5) is 29.0 Å². The van der Waals surface area contributed by atoms with E-state index in [1.54, 1.807) is 13.2 Å². The van der Waals surface area contributed by atoms with E-state index in [0.29, 0.717) is 12.5 Å². The zero-order valence-corrected chi connectivity index (χ0v) is 23.0. The molecule has 40 heavy (non-hydrogen) atoms. The number of hydrogen-bond donors (Lipinski definition) is 3. The molecule has 2 aromatic carbocycles. The molecule has 2 fully saturated rings. The number of nitrogens with one attached hydrogen (secondary N) is 3. The van der Waals surface area contributed by atoms with E-state index in [2.05, 4.69) is 71.5 Å². The summed E-state index contributed by atoms with van der Waals surface area (Å²) in [7, 11) is 3.84. The van der Waals surface area contributed by atoms with Gasteiger partial charge in [-0.2, -0.15) is 4.98 Å². The second-order valence-corrected chi connectivity index (χ2v) is 10.5. The highest BCUT2D eigenvalue weighted by Crippen LogP contribution is 2.32. The number of benzene rings is 2. The van der Waals surface area contributed by atoms with E-state index in [-0.39, 0.29) is 11.9 Å². The third-order valence-corrected chi connectivity index (χ3v) is 7.71. The highest BCUT2D eigenvalue weighted by atomic mass is 16.1. The van der Waals surface area contributed by atoms with E-state index < -0.39 is 0 Å². The molecule has 2 aliphatic heterocycles. The van der Waals surface area contributed by atoms with Crippen molar-refractivity contribution < 1.29 is 4.79 Å². The smallest absolute Gasteiger partial charge is 0.233 e. The normalized spacial score (nSPS) is 18.2. The van der Waals surface area contributed by atoms with E-state index >= 15 is 0 Å². The molecule has 6 rings (SSSR count). The third-order valence-electron chi connectivity index (χ3n) is 7.71. The largest absolute Gasteiger partial charge is 0.369 e. The van der Waals surface area contributed by atoms with Crippen molar-refractivity contribution in [2.45, 2.75) is 12.5 Å². The quantitative estimate of drug-likeness (QED) is 0.311. The summed E-state index contributed by atoms with van der Waals surface area (Å²) in [4.78, 5) is 33.3. The Morgan fingerprint density at radius 2 is 1.68 bits per heavy atom. The number of piperazine rings is 1. The van der Waals surface area contributed by atoms with E-state index in [0.717, 1.165) is 74.2 Å². The van der Waals surface area contributed by atoms with Crippen LogP contribution in [-0.2, 0) is 4.79 Å². The van der Waals surface area contributed by atoms with Crippen molar-refractivity contribution in [1.29, 1.82) is 0 Å². The lowest BCUT2D eigenvalue weighted by Crippen LogP contribution is -2.44. The number of nitrogens with zero attached hydrogens (tertiary/aromatic N) is 7. The fourth-order valence-electron chi connectivity index (χ4n) is 5.43. The summed E-state index contributed by atoms with van der Waals surface area (Å²) in [5.74, 6) is 1.26. The summed E-state index contributed by atoms with van der Waals surface area (Å²) in [6.45, 7) is 6.18. The number of carbonyl (C=O) groups is 1. The summed E-state index contributed by atoms with van der Waals surface area (Å²) in [6, 6.07) is 18.6. The number of likely N-dealkylation sites (N-methyl/N-ethyl adjacent to an activating group) is 2. The molecule has 11 heteroatoms. The molecular weight excluding hydrogens is 504 g/mol. The van der Waals surface area contributed by atoms with Crippen molar-refractivity contribution in [2.75, 3.05) is 75.4 Å². The first-order chi connectivity index (χ1) is 19.6. The van der Waals surface area contributed by atoms with Crippen molar-refractivity contribution in [3.63, 3.8) is 0 Å². The number of aromatic nitrogens is 4. The van der Waals surface area contributed by atoms with Gasteiger partial charge in [0.15, 0.2) is 5.65 Å². The number of rotatable bonds is 8. The Morgan fingerprint density at radius 1 is 0.925 bits per heavy atom. The molecule has 0 aliphatic carbocycles. The lowest BCUT2D eigenvalue weighted by Gasteiger charge is -2.34. The number of hydrogen-bond acceptors (Lipinski definition) is 9. The highest BCUT2D eigenvalue weighted by Gasteiger charge is 2.29. The second kappa shape index (κ2) is 11.5. The predicted molar refractivity (Wildman–Crippen MR) is 159 cm³/mol. The van der Waals surface area contributed by atoms with E-state index in [1.807, 2.05) is 30.3 Å². The summed E-state index contributed by atoms with van der Waals surface area (Å²) in [5.41, 5.74) is 4.60. The van der Waals surface area contributed by atoms with Gasteiger partial charge in [0.25, 0.3) is 0 Å². The van der Waals surface area contributed by atoms with Gasteiger partial charge in [0.1, 0.15) is 5.52 Å². The Balaban J connectivity index is 1.26. The first-order valence-corrected chi connectivity index (χ1v) is 13.9. The van der Waals surface area contributed by atoms with Gasteiger partial charge in [-0.1, -0.05) is 18.2 Å². The van der Waals surface area contributed by atoms with Crippen LogP contribution < -0.4 is 20.9 Å². The van der Waals surface area contributed by atoms with Gasteiger partial charge < -0.3 is 25.8 Å². The molecule has 1 atom stereocenters. The molecule has 2 aliphatic rings. The standard InChI is InChI=1S/C29H36N10O/c1-30-26(40)20-37-13-12-24(19-37)39-27-25(34-29(39)33-21-6-4-3-5-7-21)18-31-28(35-27)32-22-8-10-23(11-9-22)38-16-14-36(2)15-17-38/h3-11,18,24H,12-17,19-20H2,1-2H3,(H,30,40)(H,33,34)(H,31,32,35)/t24-/m0/s1. The van der Waals surface area contributed by atoms with Crippen LogP contribution >= 0.6 is 0 Å². The SMILES string of the molecule is CNC(=O)CN1CC[C@H](n2c(Nc3ccccc3)nc3cnc(Nc4ccc(N5CCN(C)CC5)cc4)nc32)C1. The molecule has 11 nitrogen and oxygen atoms in total. The number of imidazole rings is 1. The Morgan fingerprint density at radius 3 is 2.42 bits per heavy atom. The monoisotopic (exact) mass is 540 g/mol. The van der Waals surface area contributed by atoms with E-state index in [9.17, 15) is 4.79 Å². The maximum absolute atomic E-state index is 12.0. The topological polar surface area (TPSA) is 106 Å². The van der Waals surface area contributed by atoms with Crippen LogP contribution in [0.15, 0.2) is 60.8 Å². The molecule has 0 unspecified atom stereocenters. The van der Waals surface area contributed by atoms with Crippen LogP contribution in [0.3, 0.4) is 0 Å². The maximum Gasteiger partial charge on any atom is 0.233 e. The number of likely N-dealkylation sites (tertiary alicyclic amines) is 1. The van der Waals surface area contributed by atoms with Gasteiger partial charge in [0, 0.05) is 63.4 Å². The number of carbonyl (C=O) groups excluding carboxylic acids is 1. The van der Waals surface area contributed by atoms with Crippen molar-refractivity contribution in [1.82, 2.24) is 34.6 Å². The molecule has 1 amide bonds. The molecule has 0 bridgehead atoms. The fraction of sp³-hybridized carbons (Fsp3) is 0.379. The van der Waals surface area contributed by atoms with Gasteiger partial charge in [-0.25, -0.2) is 9.97 Å². The molecule has 0 radical (unpaired) electrons. The van der Waals surface area contributed by atoms with Crippen LogP contribution in [-0.4, -0.2) is 95.1 Å². The zero-order valence-electron chi connectivity index (χ0n) is 23.0. The molecule has 0 spiro atoms. The Hall–Kier alpha value is -4.22. The van der Waals surface area contributed by atoms with Crippen LogP contribution in [0.5, 0.6) is 0 Å². The van der Waals surface area contributed by atoms with Crippen molar-refractivity contribution in [3.8, 4) is 0 Å². The van der Waals surface area contributed by atoms with Gasteiger partial charge in [0.2, 0.25) is 17.8 Å². The highest BCUT2D eigenvalue weighted by molar-refractivity contribution is 5.78. The maximum atomic E-state index is 12.0. The predicted octanol–water partition coefficient (Wildman–Crippen LogP) is 3.06. The van der Waals surface area contributed by atoms with Crippen LogP contribution in [0.1, 0.15) is 12.5 Å². The molecule has 4 heterocycles. The number of fused-ring (bicyclic) bond motifs is 1. The average molecular weight is 541 g/mol. The molecule has 4 aromatic rings. The molecule has 0 saturated carbocycles. The minimum absolute atomic E-state index is 0.0197. The Bertz CT molecular complexity index is 1450. The van der Waals surface area contributed by atoms with Gasteiger partial charge >= 0.3 is 0 Å². The summed E-state index contributed by atoms with van der Waals surface area (Å²) >= 11 is 0. The molecule has 208 valence electrons. The minimum Gasteiger partial charge on any atom is -0.369 e. The third kappa shape index (κ3) is 5.70. The van der Waals surface area contributed by atoms with Gasteiger partial charge in [-0.15, -0.1) is 0 Å². The average Bonchev–Trinajstić information content (AvgIpc) is 3.57. The number of para-hydroxylation sites is 1. The summed E-state index contributed by atoms with van der Waals surface area (Å²) in [5, 5.41) is 9.58. The van der Waals surface area contributed by atoms with E-state index in [4.69, 9.17) is 9.97 Å². The van der Waals surface area contributed by atoms with Gasteiger partial charge in [-0.3, -0.25) is 14.3 Å². The van der Waals surface area contributed by atoms with Gasteiger partial charge in [-0.05, 0) is 49.9 Å². The first kappa shape index (κ1) is 26.0. The lowest BCUT2D eigenvalue weighted by atomic mass is 10.2. The molecule has 3 N–H and O–H groups in total. The summed E-state index contributed by atoms with van der Waals surface area (Å²) in [6.07, 6.45) is 2.67.